The topological polar surface area (TPSA) is 59.4 Å². The average molecular weight is 291 g/mol. The summed E-state index contributed by atoms with van der Waals surface area (Å²) in [7, 11) is 1.62. The molecule has 1 aromatic carbocycles. The van der Waals surface area contributed by atoms with Crippen molar-refractivity contribution in [3.8, 4) is 10.6 Å². The molecule has 20 heavy (non-hydrogen) atoms. The minimum Gasteiger partial charge on any atom is -0.481 e. The van der Waals surface area contributed by atoms with Crippen molar-refractivity contribution in [2.75, 3.05) is 7.11 Å². The fourth-order valence-corrected chi connectivity index (χ4v) is 3.01. The van der Waals surface area contributed by atoms with Crippen molar-refractivity contribution < 1.29 is 14.6 Å². The van der Waals surface area contributed by atoms with E-state index in [0.29, 0.717) is 13.0 Å². The van der Waals surface area contributed by atoms with Crippen LogP contribution in [0.1, 0.15) is 22.6 Å². The summed E-state index contributed by atoms with van der Waals surface area (Å²) >= 11 is 1.55. The van der Waals surface area contributed by atoms with Crippen LogP contribution < -0.4 is 0 Å². The van der Waals surface area contributed by atoms with Gasteiger partial charge in [-0.05, 0) is 19.4 Å². The predicted molar refractivity (Wildman–Crippen MR) is 79.0 cm³/mol. The van der Waals surface area contributed by atoms with Gasteiger partial charge in [-0.25, -0.2) is 4.98 Å². The van der Waals surface area contributed by atoms with Crippen LogP contribution in [0.4, 0.5) is 0 Å². The molecule has 0 aliphatic rings. The molecule has 106 valence electrons. The second kappa shape index (κ2) is 6.63. The molecule has 0 spiro atoms. The van der Waals surface area contributed by atoms with E-state index < -0.39 is 5.97 Å². The number of ether oxygens (including phenoxy) is 1. The number of carbonyl (C=O) groups is 1. The molecule has 0 saturated heterocycles. The van der Waals surface area contributed by atoms with Gasteiger partial charge in [-0.2, -0.15) is 0 Å². The summed E-state index contributed by atoms with van der Waals surface area (Å²) in [5, 5.41) is 9.73. The number of carboxylic acid groups (broad SMARTS) is 1. The number of nitrogens with zero attached hydrogens (tertiary/aromatic N) is 1. The van der Waals surface area contributed by atoms with E-state index in [0.717, 1.165) is 21.1 Å². The highest BCUT2D eigenvalue weighted by Crippen LogP contribution is 2.30. The number of aliphatic carboxylic acids is 1. The first-order valence-electron chi connectivity index (χ1n) is 6.36. The third kappa shape index (κ3) is 3.65. The van der Waals surface area contributed by atoms with Gasteiger partial charge in [-0.15, -0.1) is 11.3 Å². The van der Waals surface area contributed by atoms with Crippen molar-refractivity contribution in [2.45, 2.75) is 26.4 Å². The van der Waals surface area contributed by atoms with Gasteiger partial charge in [0.1, 0.15) is 5.01 Å². The van der Waals surface area contributed by atoms with E-state index in [-0.39, 0.29) is 6.42 Å². The Labute approximate surface area is 122 Å². The molecule has 0 radical (unpaired) electrons. The molecule has 1 aromatic heterocycles. The molecule has 0 fully saturated rings. The highest BCUT2D eigenvalue weighted by atomic mass is 32.1. The SMILES string of the molecule is COCc1nc(-c2cccc(C)c2)sc1CCC(=O)O. The summed E-state index contributed by atoms with van der Waals surface area (Å²) in [6.45, 7) is 2.45. The fourth-order valence-electron chi connectivity index (χ4n) is 1.95. The summed E-state index contributed by atoms with van der Waals surface area (Å²) < 4.78 is 5.15. The van der Waals surface area contributed by atoms with Gasteiger partial charge < -0.3 is 9.84 Å². The lowest BCUT2D eigenvalue weighted by Gasteiger charge is -1.98. The van der Waals surface area contributed by atoms with Crippen LogP contribution in [-0.2, 0) is 22.6 Å². The maximum Gasteiger partial charge on any atom is 0.303 e. The van der Waals surface area contributed by atoms with E-state index in [9.17, 15) is 4.79 Å². The first kappa shape index (κ1) is 14.7. The number of hydrogen-bond donors (Lipinski definition) is 1. The molecular weight excluding hydrogens is 274 g/mol. The third-order valence-electron chi connectivity index (χ3n) is 2.89. The average Bonchev–Trinajstić information content (AvgIpc) is 2.80. The lowest BCUT2D eigenvalue weighted by atomic mass is 10.1. The summed E-state index contributed by atoms with van der Waals surface area (Å²) in [5.74, 6) is -0.793. The Morgan fingerprint density at radius 2 is 2.25 bits per heavy atom. The molecule has 0 aliphatic heterocycles. The van der Waals surface area contributed by atoms with Crippen LogP contribution in [0.3, 0.4) is 0 Å². The lowest BCUT2D eigenvalue weighted by Crippen LogP contribution is -1.99. The first-order chi connectivity index (χ1) is 9.60. The standard InChI is InChI=1S/C15H17NO3S/c1-10-4-3-5-11(8-10)15-16-12(9-19-2)13(20-15)6-7-14(17)18/h3-5,8H,6-7,9H2,1-2H3,(H,17,18). The number of carboxylic acids is 1. The fraction of sp³-hybridized carbons (Fsp3) is 0.333. The molecule has 5 heteroatoms. The molecule has 0 atom stereocenters. The van der Waals surface area contributed by atoms with Gasteiger partial charge in [0.05, 0.1) is 18.7 Å². The summed E-state index contributed by atoms with van der Waals surface area (Å²) in [6.07, 6.45) is 0.615. The Balaban J connectivity index is 2.30. The van der Waals surface area contributed by atoms with E-state index in [4.69, 9.17) is 9.84 Å². The van der Waals surface area contributed by atoms with Crippen molar-refractivity contribution in [1.82, 2.24) is 4.98 Å². The van der Waals surface area contributed by atoms with E-state index >= 15 is 0 Å². The van der Waals surface area contributed by atoms with Crippen molar-refractivity contribution >= 4 is 17.3 Å². The van der Waals surface area contributed by atoms with Gasteiger partial charge in [-0.1, -0.05) is 23.8 Å². The van der Waals surface area contributed by atoms with Gasteiger partial charge in [-0.3, -0.25) is 4.79 Å². The molecule has 1 heterocycles. The molecule has 0 bridgehead atoms. The van der Waals surface area contributed by atoms with Gasteiger partial charge in [0.25, 0.3) is 0 Å². The quantitative estimate of drug-likeness (QED) is 0.887. The van der Waals surface area contributed by atoms with E-state index in [1.165, 1.54) is 5.56 Å². The summed E-state index contributed by atoms with van der Waals surface area (Å²) in [6, 6.07) is 8.14. The van der Waals surface area contributed by atoms with Gasteiger partial charge in [0.2, 0.25) is 0 Å². The maximum absolute atomic E-state index is 10.7. The number of rotatable bonds is 6. The zero-order valence-electron chi connectivity index (χ0n) is 11.5. The Morgan fingerprint density at radius 3 is 2.90 bits per heavy atom. The zero-order valence-corrected chi connectivity index (χ0v) is 12.4. The van der Waals surface area contributed by atoms with Crippen LogP contribution in [-0.4, -0.2) is 23.2 Å². The predicted octanol–water partition coefficient (Wildman–Crippen LogP) is 3.28. The number of thiazole rings is 1. The van der Waals surface area contributed by atoms with Gasteiger partial charge in [0.15, 0.2) is 0 Å². The summed E-state index contributed by atoms with van der Waals surface area (Å²) in [4.78, 5) is 16.3. The Bertz CT molecular complexity index is 607. The first-order valence-corrected chi connectivity index (χ1v) is 7.18. The number of aromatic nitrogens is 1. The minimum atomic E-state index is -0.793. The van der Waals surface area contributed by atoms with Crippen molar-refractivity contribution in [2.24, 2.45) is 0 Å². The molecular formula is C15H17NO3S. The monoisotopic (exact) mass is 291 g/mol. The van der Waals surface area contributed by atoms with Crippen LogP contribution in [0.15, 0.2) is 24.3 Å². The highest BCUT2D eigenvalue weighted by Gasteiger charge is 2.13. The number of hydrogen-bond acceptors (Lipinski definition) is 4. The lowest BCUT2D eigenvalue weighted by molar-refractivity contribution is -0.136. The molecule has 0 amide bonds. The van der Waals surface area contributed by atoms with E-state index in [2.05, 4.69) is 11.1 Å². The Morgan fingerprint density at radius 1 is 1.45 bits per heavy atom. The number of aryl methyl sites for hydroxylation is 2. The van der Waals surface area contributed by atoms with Crippen LogP contribution in [0, 0.1) is 6.92 Å². The Hall–Kier alpha value is -1.72. The largest absolute Gasteiger partial charge is 0.481 e. The van der Waals surface area contributed by atoms with E-state index in [1.54, 1.807) is 18.4 Å². The maximum atomic E-state index is 10.7. The smallest absolute Gasteiger partial charge is 0.303 e. The normalized spacial score (nSPS) is 10.7. The van der Waals surface area contributed by atoms with Crippen molar-refractivity contribution in [3.63, 3.8) is 0 Å². The molecule has 0 unspecified atom stereocenters. The second-order valence-corrected chi connectivity index (χ2v) is 5.67. The Kier molecular flexibility index (Phi) is 4.87. The van der Waals surface area contributed by atoms with Gasteiger partial charge >= 0.3 is 5.97 Å². The highest BCUT2D eigenvalue weighted by molar-refractivity contribution is 7.15. The number of methoxy groups -OCH3 is 1. The molecule has 2 aromatic rings. The van der Waals surface area contributed by atoms with Crippen LogP contribution in [0.5, 0.6) is 0 Å². The second-order valence-electron chi connectivity index (χ2n) is 4.59. The molecule has 0 saturated carbocycles. The zero-order chi connectivity index (χ0) is 14.5. The van der Waals surface area contributed by atoms with Crippen LogP contribution >= 0.6 is 11.3 Å². The third-order valence-corrected chi connectivity index (χ3v) is 4.10. The van der Waals surface area contributed by atoms with Crippen LogP contribution in [0.25, 0.3) is 10.6 Å². The molecule has 0 aliphatic carbocycles. The number of benzene rings is 1. The van der Waals surface area contributed by atoms with Crippen molar-refractivity contribution in [3.05, 3.63) is 40.4 Å². The van der Waals surface area contributed by atoms with Crippen molar-refractivity contribution in [1.29, 1.82) is 0 Å². The molecule has 2 rings (SSSR count). The van der Waals surface area contributed by atoms with Crippen LogP contribution in [0.2, 0.25) is 0 Å². The molecule has 4 nitrogen and oxygen atoms in total. The van der Waals surface area contributed by atoms with Gasteiger partial charge in [0, 0.05) is 17.6 Å². The minimum absolute atomic E-state index is 0.117. The molecule has 1 N–H and O–H groups in total. The summed E-state index contributed by atoms with van der Waals surface area (Å²) in [5.41, 5.74) is 3.09. The van der Waals surface area contributed by atoms with E-state index in [1.807, 2.05) is 25.1 Å².